The van der Waals surface area contributed by atoms with Crippen LogP contribution in [-0.4, -0.2) is 29.8 Å². The summed E-state index contributed by atoms with van der Waals surface area (Å²) in [4.78, 5) is 25.3. The Morgan fingerprint density at radius 3 is 2.68 bits per heavy atom. The van der Waals surface area contributed by atoms with Crippen LogP contribution >= 0.6 is 0 Å². The average molecular weight is 261 g/mol. The molecule has 1 unspecified atom stereocenters. The van der Waals surface area contributed by atoms with Crippen LogP contribution in [0.25, 0.3) is 0 Å². The van der Waals surface area contributed by atoms with Crippen LogP contribution in [0.3, 0.4) is 0 Å². The number of primary amides is 1. The number of aryl methyl sites for hydroxylation is 1. The number of hydrogen-bond acceptors (Lipinski definition) is 3. The minimum Gasteiger partial charge on any atom is -0.399 e. The molecule has 0 radical (unpaired) electrons. The second kappa shape index (κ2) is 5.30. The molecule has 1 aromatic carbocycles. The summed E-state index contributed by atoms with van der Waals surface area (Å²) < 4.78 is 0. The highest BCUT2D eigenvalue weighted by molar-refractivity contribution is 5.95. The first kappa shape index (κ1) is 13.4. The summed E-state index contributed by atoms with van der Waals surface area (Å²) in [5.41, 5.74) is 13.2. The topological polar surface area (TPSA) is 89.4 Å². The van der Waals surface area contributed by atoms with Crippen molar-refractivity contribution in [1.82, 2.24) is 4.90 Å². The number of piperidine rings is 1. The van der Waals surface area contributed by atoms with Crippen molar-refractivity contribution in [1.29, 1.82) is 0 Å². The van der Waals surface area contributed by atoms with Crippen LogP contribution in [0.4, 0.5) is 5.69 Å². The highest BCUT2D eigenvalue weighted by atomic mass is 16.2. The molecule has 1 atom stereocenters. The third-order valence-electron chi connectivity index (χ3n) is 3.46. The number of carbonyl (C=O) groups is 2. The van der Waals surface area contributed by atoms with Gasteiger partial charge in [0, 0.05) is 24.3 Å². The minimum atomic E-state index is -0.332. The maximum Gasteiger partial charge on any atom is 0.253 e. The zero-order valence-electron chi connectivity index (χ0n) is 11.1. The molecule has 1 aliphatic heterocycles. The van der Waals surface area contributed by atoms with Crippen LogP contribution in [0, 0.1) is 12.8 Å². The van der Waals surface area contributed by atoms with Gasteiger partial charge in [0.05, 0.1) is 5.92 Å². The predicted octanol–water partition coefficient (Wildman–Crippen LogP) is 0.915. The fraction of sp³-hybridized carbons (Fsp3) is 0.429. The van der Waals surface area contributed by atoms with Gasteiger partial charge in [-0.3, -0.25) is 9.59 Å². The Labute approximate surface area is 112 Å². The molecule has 5 heteroatoms. The summed E-state index contributed by atoms with van der Waals surface area (Å²) in [6, 6.07) is 5.30. The van der Waals surface area contributed by atoms with Crippen LogP contribution < -0.4 is 11.5 Å². The number of nitrogens with zero attached hydrogens (tertiary/aromatic N) is 1. The van der Waals surface area contributed by atoms with E-state index < -0.39 is 0 Å². The lowest BCUT2D eigenvalue weighted by Crippen LogP contribution is -2.44. The van der Waals surface area contributed by atoms with Crippen LogP contribution in [-0.2, 0) is 4.79 Å². The number of rotatable bonds is 2. The lowest BCUT2D eigenvalue weighted by Gasteiger charge is -2.31. The van der Waals surface area contributed by atoms with Crippen molar-refractivity contribution < 1.29 is 9.59 Å². The monoisotopic (exact) mass is 261 g/mol. The molecule has 2 amide bonds. The molecule has 0 aromatic heterocycles. The zero-order valence-corrected chi connectivity index (χ0v) is 11.1. The van der Waals surface area contributed by atoms with Crippen molar-refractivity contribution in [2.75, 3.05) is 18.8 Å². The Hall–Kier alpha value is -2.04. The smallest absolute Gasteiger partial charge is 0.253 e. The van der Waals surface area contributed by atoms with Crippen LogP contribution in [0.5, 0.6) is 0 Å². The fourth-order valence-electron chi connectivity index (χ4n) is 2.51. The molecule has 1 fully saturated rings. The van der Waals surface area contributed by atoms with Crippen molar-refractivity contribution in [2.45, 2.75) is 19.8 Å². The molecule has 1 aromatic rings. The highest BCUT2D eigenvalue weighted by Gasteiger charge is 2.27. The molecular formula is C14H19N3O2. The van der Waals surface area contributed by atoms with Crippen molar-refractivity contribution in [3.05, 3.63) is 29.3 Å². The van der Waals surface area contributed by atoms with Crippen molar-refractivity contribution in [2.24, 2.45) is 11.7 Å². The van der Waals surface area contributed by atoms with E-state index in [1.165, 1.54) is 0 Å². The van der Waals surface area contributed by atoms with E-state index in [2.05, 4.69) is 0 Å². The van der Waals surface area contributed by atoms with Crippen LogP contribution in [0.2, 0.25) is 0 Å². The van der Waals surface area contributed by atoms with E-state index in [0.717, 1.165) is 18.4 Å². The van der Waals surface area contributed by atoms with Gasteiger partial charge >= 0.3 is 0 Å². The normalized spacial score (nSPS) is 19.2. The number of amides is 2. The molecule has 1 heterocycles. The number of nitrogen functional groups attached to an aromatic ring is 1. The molecule has 102 valence electrons. The van der Waals surface area contributed by atoms with Crippen molar-refractivity contribution in [3.8, 4) is 0 Å². The van der Waals surface area contributed by atoms with E-state index in [1.54, 1.807) is 11.0 Å². The molecule has 1 saturated heterocycles. The van der Waals surface area contributed by atoms with E-state index in [0.29, 0.717) is 24.3 Å². The maximum absolute atomic E-state index is 12.4. The van der Waals surface area contributed by atoms with Crippen LogP contribution in [0.1, 0.15) is 28.8 Å². The number of carbonyl (C=O) groups excluding carboxylic acids is 2. The van der Waals surface area contributed by atoms with Gasteiger partial charge in [-0.15, -0.1) is 0 Å². The molecule has 19 heavy (non-hydrogen) atoms. The number of hydrogen-bond donors (Lipinski definition) is 2. The quantitative estimate of drug-likeness (QED) is 0.775. The summed E-state index contributed by atoms with van der Waals surface area (Å²) in [6.07, 6.45) is 1.57. The largest absolute Gasteiger partial charge is 0.399 e. The summed E-state index contributed by atoms with van der Waals surface area (Å²) >= 11 is 0. The molecule has 0 saturated carbocycles. The zero-order chi connectivity index (χ0) is 14.0. The fourth-order valence-corrected chi connectivity index (χ4v) is 2.51. The summed E-state index contributed by atoms with van der Waals surface area (Å²) in [5, 5.41) is 0. The third kappa shape index (κ3) is 3.05. The van der Waals surface area contributed by atoms with Gasteiger partial charge in [0.1, 0.15) is 0 Å². The summed E-state index contributed by atoms with van der Waals surface area (Å²) in [7, 11) is 0. The molecule has 2 rings (SSSR count). The van der Waals surface area contributed by atoms with Gasteiger partial charge in [0.15, 0.2) is 0 Å². The standard InChI is InChI=1S/C14H19N3O2/c1-9-5-11(7-12(15)6-9)14(19)17-4-2-3-10(8-17)13(16)18/h5-7,10H,2-4,8,15H2,1H3,(H2,16,18). The molecule has 1 aliphatic rings. The van der Waals surface area contributed by atoms with E-state index in [9.17, 15) is 9.59 Å². The van der Waals surface area contributed by atoms with E-state index >= 15 is 0 Å². The van der Waals surface area contributed by atoms with Gasteiger partial charge in [-0.2, -0.15) is 0 Å². The second-order valence-electron chi connectivity index (χ2n) is 5.13. The van der Waals surface area contributed by atoms with Gasteiger partial charge in [0.25, 0.3) is 5.91 Å². The van der Waals surface area contributed by atoms with E-state index in [4.69, 9.17) is 11.5 Å². The van der Waals surface area contributed by atoms with Gasteiger partial charge in [-0.1, -0.05) is 0 Å². The number of benzene rings is 1. The molecule has 0 spiro atoms. The lowest BCUT2D eigenvalue weighted by atomic mass is 9.96. The van der Waals surface area contributed by atoms with Crippen molar-refractivity contribution >= 4 is 17.5 Å². The van der Waals surface area contributed by atoms with Gasteiger partial charge in [-0.05, 0) is 43.5 Å². The average Bonchev–Trinajstić information content (AvgIpc) is 2.37. The van der Waals surface area contributed by atoms with Gasteiger partial charge < -0.3 is 16.4 Å². The summed E-state index contributed by atoms with van der Waals surface area (Å²) in [5.74, 6) is -0.650. The van der Waals surface area contributed by atoms with E-state index in [1.807, 2.05) is 19.1 Å². The van der Waals surface area contributed by atoms with Crippen LogP contribution in [0.15, 0.2) is 18.2 Å². The maximum atomic E-state index is 12.4. The highest BCUT2D eigenvalue weighted by Crippen LogP contribution is 2.20. The Balaban J connectivity index is 2.16. The van der Waals surface area contributed by atoms with E-state index in [-0.39, 0.29) is 17.7 Å². The first-order chi connectivity index (χ1) is 8.97. The Morgan fingerprint density at radius 2 is 2.05 bits per heavy atom. The van der Waals surface area contributed by atoms with Crippen molar-refractivity contribution in [3.63, 3.8) is 0 Å². The Morgan fingerprint density at radius 1 is 1.32 bits per heavy atom. The first-order valence-electron chi connectivity index (χ1n) is 6.43. The predicted molar refractivity (Wildman–Crippen MR) is 73.4 cm³/mol. The SMILES string of the molecule is Cc1cc(N)cc(C(=O)N2CCCC(C(N)=O)C2)c1. The lowest BCUT2D eigenvalue weighted by molar-refractivity contribution is -0.123. The molecule has 4 N–H and O–H groups in total. The number of nitrogens with two attached hydrogens (primary N) is 2. The Bertz CT molecular complexity index is 493. The molecule has 5 nitrogen and oxygen atoms in total. The minimum absolute atomic E-state index is 0.0821. The molecule has 0 bridgehead atoms. The summed E-state index contributed by atoms with van der Waals surface area (Å²) in [6.45, 7) is 2.97. The molecular weight excluding hydrogens is 242 g/mol. The number of anilines is 1. The van der Waals surface area contributed by atoms with Gasteiger partial charge in [-0.25, -0.2) is 0 Å². The first-order valence-corrected chi connectivity index (χ1v) is 6.43. The third-order valence-corrected chi connectivity index (χ3v) is 3.46. The second-order valence-corrected chi connectivity index (χ2v) is 5.13. The Kier molecular flexibility index (Phi) is 3.74. The van der Waals surface area contributed by atoms with Gasteiger partial charge in [0.2, 0.25) is 5.91 Å². The number of likely N-dealkylation sites (tertiary alicyclic amines) is 1. The molecule has 0 aliphatic carbocycles.